The monoisotopic (exact) mass is 220 g/mol. The molecule has 0 saturated heterocycles. The van der Waals surface area contributed by atoms with Gasteiger partial charge in [0, 0.05) is 24.6 Å². The number of hydrogen-bond acceptors (Lipinski definition) is 2. The van der Waals surface area contributed by atoms with E-state index in [9.17, 15) is 4.79 Å². The van der Waals surface area contributed by atoms with E-state index in [2.05, 4.69) is 32.1 Å². The molecule has 3 heteroatoms. The maximum atomic E-state index is 11.3. The Morgan fingerprint density at radius 2 is 2.12 bits per heavy atom. The van der Waals surface area contributed by atoms with E-state index >= 15 is 0 Å². The first-order chi connectivity index (χ1) is 7.30. The fraction of sp³-hybridized carbons (Fsp3) is 0.692. The van der Waals surface area contributed by atoms with Gasteiger partial charge in [0.2, 0.25) is 0 Å². The van der Waals surface area contributed by atoms with Gasteiger partial charge in [0.15, 0.2) is 0 Å². The lowest BCUT2D eigenvalue weighted by Crippen LogP contribution is -2.15. The van der Waals surface area contributed by atoms with Crippen LogP contribution < -0.4 is 0 Å². The summed E-state index contributed by atoms with van der Waals surface area (Å²) in [4.78, 5) is 11.3. The highest BCUT2D eigenvalue weighted by atomic mass is 16.1. The molecular weight excluding hydrogens is 200 g/mol. The van der Waals surface area contributed by atoms with Crippen molar-refractivity contribution in [1.82, 2.24) is 9.78 Å². The Bertz CT molecular complexity index is 426. The molecule has 1 aromatic rings. The van der Waals surface area contributed by atoms with Crippen molar-refractivity contribution in [2.45, 2.75) is 45.4 Å². The SMILES string of the molecule is CC(=O)C1CC1c1cn(C)nc1C(C)(C)C. The molecule has 0 spiro atoms. The van der Waals surface area contributed by atoms with Crippen molar-refractivity contribution in [3.63, 3.8) is 0 Å². The molecule has 88 valence electrons. The molecule has 1 fully saturated rings. The highest BCUT2D eigenvalue weighted by molar-refractivity contribution is 5.82. The van der Waals surface area contributed by atoms with Gasteiger partial charge >= 0.3 is 0 Å². The van der Waals surface area contributed by atoms with E-state index < -0.39 is 0 Å². The first-order valence-corrected chi connectivity index (χ1v) is 5.85. The lowest BCUT2D eigenvalue weighted by atomic mass is 9.88. The van der Waals surface area contributed by atoms with Gasteiger partial charge in [0.1, 0.15) is 5.78 Å². The van der Waals surface area contributed by atoms with Crippen LogP contribution in [-0.4, -0.2) is 15.6 Å². The number of Topliss-reactive ketones (excluding diaryl/α,β-unsaturated/α-hetero) is 1. The minimum absolute atomic E-state index is 0.0561. The third kappa shape index (κ3) is 1.91. The van der Waals surface area contributed by atoms with Gasteiger partial charge in [-0.25, -0.2) is 0 Å². The van der Waals surface area contributed by atoms with Crippen molar-refractivity contribution < 1.29 is 4.79 Å². The average molecular weight is 220 g/mol. The summed E-state index contributed by atoms with van der Waals surface area (Å²) in [6, 6.07) is 0. The van der Waals surface area contributed by atoms with Gasteiger partial charge in [0.25, 0.3) is 0 Å². The quantitative estimate of drug-likeness (QED) is 0.767. The second-order valence-corrected chi connectivity index (χ2v) is 5.92. The molecule has 1 aliphatic rings. The molecule has 1 aromatic heterocycles. The van der Waals surface area contributed by atoms with Crippen LogP contribution in [0.25, 0.3) is 0 Å². The predicted octanol–water partition coefficient (Wildman–Crippen LogP) is 2.41. The summed E-state index contributed by atoms with van der Waals surface area (Å²) < 4.78 is 1.87. The molecule has 0 bridgehead atoms. The molecule has 1 saturated carbocycles. The standard InChI is InChI=1S/C13H20N2O/c1-8(16)9-6-10(9)11-7-15(5)14-12(11)13(2,3)4/h7,9-10H,6H2,1-5H3. The van der Waals surface area contributed by atoms with E-state index in [0.717, 1.165) is 12.1 Å². The molecule has 0 N–H and O–H groups in total. The summed E-state index contributed by atoms with van der Waals surface area (Å²) in [5, 5.41) is 4.54. The molecule has 1 heterocycles. The molecule has 0 aliphatic heterocycles. The van der Waals surface area contributed by atoms with Gasteiger partial charge in [0.05, 0.1) is 5.69 Å². The Labute approximate surface area is 96.8 Å². The highest BCUT2D eigenvalue weighted by Gasteiger charge is 2.44. The Morgan fingerprint density at radius 3 is 2.56 bits per heavy atom. The first-order valence-electron chi connectivity index (χ1n) is 5.85. The summed E-state index contributed by atoms with van der Waals surface area (Å²) in [6.45, 7) is 8.20. The second-order valence-electron chi connectivity index (χ2n) is 5.92. The van der Waals surface area contributed by atoms with Crippen LogP contribution in [0.4, 0.5) is 0 Å². The van der Waals surface area contributed by atoms with Crippen LogP contribution in [0.2, 0.25) is 0 Å². The van der Waals surface area contributed by atoms with Crippen LogP contribution in [0.3, 0.4) is 0 Å². The first kappa shape index (κ1) is 11.4. The van der Waals surface area contributed by atoms with Crippen molar-refractivity contribution >= 4 is 5.78 Å². The lowest BCUT2D eigenvalue weighted by molar-refractivity contribution is -0.118. The van der Waals surface area contributed by atoms with E-state index in [-0.39, 0.29) is 11.3 Å². The average Bonchev–Trinajstić information content (AvgIpc) is 2.82. The van der Waals surface area contributed by atoms with E-state index in [4.69, 9.17) is 0 Å². The molecule has 1 aliphatic carbocycles. The normalized spacial score (nSPS) is 24.6. The molecule has 2 rings (SSSR count). The number of rotatable bonds is 2. The van der Waals surface area contributed by atoms with Crippen LogP contribution in [0.1, 0.15) is 51.3 Å². The van der Waals surface area contributed by atoms with Crippen molar-refractivity contribution in [1.29, 1.82) is 0 Å². The highest BCUT2D eigenvalue weighted by Crippen LogP contribution is 2.50. The number of nitrogens with zero attached hydrogens (tertiary/aromatic N) is 2. The second kappa shape index (κ2) is 3.44. The van der Waals surface area contributed by atoms with Crippen LogP contribution in [-0.2, 0) is 17.3 Å². The zero-order chi connectivity index (χ0) is 12.1. The number of carbonyl (C=O) groups is 1. The Balaban J connectivity index is 2.32. The van der Waals surface area contributed by atoms with Crippen LogP contribution in [0, 0.1) is 5.92 Å². The van der Waals surface area contributed by atoms with Gasteiger partial charge < -0.3 is 0 Å². The van der Waals surface area contributed by atoms with Gasteiger partial charge in [-0.05, 0) is 24.8 Å². The van der Waals surface area contributed by atoms with E-state index in [1.165, 1.54) is 5.56 Å². The van der Waals surface area contributed by atoms with E-state index in [1.807, 2.05) is 11.7 Å². The fourth-order valence-corrected chi connectivity index (χ4v) is 2.35. The van der Waals surface area contributed by atoms with Gasteiger partial charge in [-0.3, -0.25) is 9.48 Å². The molecule has 0 aromatic carbocycles. The largest absolute Gasteiger partial charge is 0.300 e. The maximum absolute atomic E-state index is 11.3. The number of aryl methyl sites for hydroxylation is 1. The third-order valence-electron chi connectivity index (χ3n) is 3.28. The molecule has 3 nitrogen and oxygen atoms in total. The number of ketones is 1. The summed E-state index contributed by atoms with van der Waals surface area (Å²) in [7, 11) is 1.95. The summed E-state index contributed by atoms with van der Waals surface area (Å²) >= 11 is 0. The van der Waals surface area contributed by atoms with Crippen LogP contribution >= 0.6 is 0 Å². The summed E-state index contributed by atoms with van der Waals surface area (Å²) in [5.74, 6) is 0.972. The topological polar surface area (TPSA) is 34.9 Å². The minimum Gasteiger partial charge on any atom is -0.300 e. The number of carbonyl (C=O) groups excluding carboxylic acids is 1. The Morgan fingerprint density at radius 1 is 1.50 bits per heavy atom. The predicted molar refractivity (Wildman–Crippen MR) is 63.4 cm³/mol. The van der Waals surface area contributed by atoms with Crippen molar-refractivity contribution in [3.05, 3.63) is 17.5 Å². The van der Waals surface area contributed by atoms with Crippen LogP contribution in [0.5, 0.6) is 0 Å². The van der Waals surface area contributed by atoms with Crippen LogP contribution in [0.15, 0.2) is 6.20 Å². The molecule has 0 radical (unpaired) electrons. The van der Waals surface area contributed by atoms with Gasteiger partial charge in [-0.1, -0.05) is 20.8 Å². The molecule has 2 unspecified atom stereocenters. The van der Waals surface area contributed by atoms with Gasteiger partial charge in [-0.2, -0.15) is 5.10 Å². The molecule has 0 amide bonds. The summed E-state index contributed by atoms with van der Waals surface area (Å²) in [5.41, 5.74) is 2.47. The smallest absolute Gasteiger partial charge is 0.133 e. The maximum Gasteiger partial charge on any atom is 0.133 e. The fourth-order valence-electron chi connectivity index (χ4n) is 2.35. The molecule has 16 heavy (non-hydrogen) atoms. The minimum atomic E-state index is 0.0561. The van der Waals surface area contributed by atoms with Crippen molar-refractivity contribution in [3.8, 4) is 0 Å². The van der Waals surface area contributed by atoms with E-state index in [1.54, 1.807) is 6.92 Å². The zero-order valence-corrected chi connectivity index (χ0v) is 10.7. The van der Waals surface area contributed by atoms with E-state index in [0.29, 0.717) is 11.7 Å². The number of aromatic nitrogens is 2. The lowest BCUT2D eigenvalue weighted by Gasteiger charge is -2.17. The number of hydrogen-bond donors (Lipinski definition) is 0. The van der Waals surface area contributed by atoms with Crippen molar-refractivity contribution in [2.75, 3.05) is 0 Å². The summed E-state index contributed by atoms with van der Waals surface area (Å²) in [6.07, 6.45) is 3.08. The third-order valence-corrected chi connectivity index (χ3v) is 3.28. The van der Waals surface area contributed by atoms with Gasteiger partial charge in [-0.15, -0.1) is 0 Å². The van der Waals surface area contributed by atoms with Crippen molar-refractivity contribution in [2.24, 2.45) is 13.0 Å². The zero-order valence-electron chi connectivity index (χ0n) is 10.7. The Kier molecular flexibility index (Phi) is 2.44. The Hall–Kier alpha value is -1.12. The molecule has 2 atom stereocenters. The molecular formula is C13H20N2O.